The third kappa shape index (κ3) is 2.49. The first-order valence-electron chi connectivity index (χ1n) is 4.94. The van der Waals surface area contributed by atoms with Crippen molar-refractivity contribution in [1.29, 1.82) is 0 Å². The third-order valence-electron chi connectivity index (χ3n) is 2.21. The molecule has 1 aromatic heterocycles. The first kappa shape index (κ1) is 12.1. The topological polar surface area (TPSA) is 12.9 Å². The van der Waals surface area contributed by atoms with E-state index in [9.17, 15) is 13.2 Å². The maximum atomic E-state index is 12.7. The van der Waals surface area contributed by atoms with E-state index >= 15 is 0 Å². The summed E-state index contributed by atoms with van der Waals surface area (Å²) in [7, 11) is 0. The van der Waals surface area contributed by atoms with E-state index in [4.69, 9.17) is 0 Å². The van der Waals surface area contributed by atoms with Crippen molar-refractivity contribution in [3.8, 4) is 10.6 Å². The molecule has 0 aliphatic heterocycles. The Labute approximate surface area is 101 Å². The molecular formula is C12H9F3NS. The van der Waals surface area contributed by atoms with Gasteiger partial charge in [-0.3, -0.25) is 0 Å². The SMILES string of the molecule is [CH2]Cc1nc(-c2ccccc2)sc1C(F)(F)F. The van der Waals surface area contributed by atoms with E-state index in [1.807, 2.05) is 6.07 Å². The minimum atomic E-state index is -4.35. The first-order chi connectivity index (χ1) is 8.02. The van der Waals surface area contributed by atoms with Crippen LogP contribution < -0.4 is 0 Å². The number of rotatable bonds is 2. The summed E-state index contributed by atoms with van der Waals surface area (Å²) < 4.78 is 38.1. The number of benzene rings is 1. The zero-order valence-electron chi connectivity index (χ0n) is 8.79. The second kappa shape index (κ2) is 4.49. The van der Waals surface area contributed by atoms with Gasteiger partial charge in [-0.25, -0.2) is 4.98 Å². The molecule has 1 nitrogen and oxygen atoms in total. The van der Waals surface area contributed by atoms with Gasteiger partial charge in [-0.1, -0.05) is 30.3 Å². The number of hydrogen-bond acceptors (Lipinski definition) is 2. The van der Waals surface area contributed by atoms with Gasteiger partial charge in [-0.05, 0) is 13.3 Å². The summed E-state index contributed by atoms with van der Waals surface area (Å²) in [4.78, 5) is 3.35. The highest BCUT2D eigenvalue weighted by molar-refractivity contribution is 7.15. The fourth-order valence-electron chi connectivity index (χ4n) is 1.45. The van der Waals surface area contributed by atoms with Crippen molar-refractivity contribution in [2.75, 3.05) is 0 Å². The van der Waals surface area contributed by atoms with E-state index in [-0.39, 0.29) is 12.1 Å². The second-order valence-corrected chi connectivity index (χ2v) is 4.41. The number of alkyl halides is 3. The van der Waals surface area contributed by atoms with Crippen LogP contribution in [0.4, 0.5) is 13.2 Å². The monoisotopic (exact) mass is 256 g/mol. The Balaban J connectivity index is 2.49. The van der Waals surface area contributed by atoms with Crippen molar-refractivity contribution in [2.24, 2.45) is 0 Å². The molecule has 0 fully saturated rings. The Morgan fingerprint density at radius 2 is 1.82 bits per heavy atom. The van der Waals surface area contributed by atoms with Crippen LogP contribution in [0.3, 0.4) is 0 Å². The molecule has 0 bridgehead atoms. The third-order valence-corrected chi connectivity index (χ3v) is 3.40. The van der Waals surface area contributed by atoms with E-state index in [0.29, 0.717) is 21.9 Å². The average molecular weight is 256 g/mol. The van der Waals surface area contributed by atoms with Gasteiger partial charge >= 0.3 is 6.18 Å². The predicted molar refractivity (Wildman–Crippen MR) is 61.6 cm³/mol. The van der Waals surface area contributed by atoms with Crippen LogP contribution in [0, 0.1) is 6.92 Å². The molecule has 0 saturated carbocycles. The van der Waals surface area contributed by atoms with Gasteiger partial charge < -0.3 is 0 Å². The quantitative estimate of drug-likeness (QED) is 0.784. The Morgan fingerprint density at radius 3 is 2.29 bits per heavy atom. The van der Waals surface area contributed by atoms with Gasteiger partial charge in [0, 0.05) is 5.56 Å². The van der Waals surface area contributed by atoms with Crippen LogP contribution in [0.15, 0.2) is 30.3 Å². The molecule has 17 heavy (non-hydrogen) atoms. The smallest absolute Gasteiger partial charge is 0.240 e. The predicted octanol–water partition coefficient (Wildman–Crippen LogP) is 4.21. The summed E-state index contributed by atoms with van der Waals surface area (Å²) in [6.45, 7) is 3.48. The fraction of sp³-hybridized carbons (Fsp3) is 0.167. The van der Waals surface area contributed by atoms with E-state index in [0.717, 1.165) is 0 Å². The summed E-state index contributed by atoms with van der Waals surface area (Å²) in [5.41, 5.74) is 0.712. The zero-order valence-corrected chi connectivity index (χ0v) is 9.61. The molecule has 1 radical (unpaired) electrons. The van der Waals surface area contributed by atoms with Gasteiger partial charge in [0.2, 0.25) is 0 Å². The molecule has 1 heterocycles. The molecule has 0 amide bonds. The van der Waals surface area contributed by atoms with Crippen molar-refractivity contribution in [3.05, 3.63) is 47.8 Å². The molecule has 1 aromatic carbocycles. The summed E-state index contributed by atoms with van der Waals surface area (Å²) in [6, 6.07) is 8.84. The van der Waals surface area contributed by atoms with Crippen molar-refractivity contribution in [2.45, 2.75) is 12.6 Å². The lowest BCUT2D eigenvalue weighted by molar-refractivity contribution is -0.135. The number of halogens is 3. The lowest BCUT2D eigenvalue weighted by Gasteiger charge is -2.03. The van der Waals surface area contributed by atoms with Gasteiger partial charge in [0.05, 0.1) is 5.69 Å². The molecule has 0 atom stereocenters. The molecule has 89 valence electrons. The molecule has 0 spiro atoms. The van der Waals surface area contributed by atoms with Crippen LogP contribution in [0.2, 0.25) is 0 Å². The molecule has 2 rings (SSSR count). The van der Waals surface area contributed by atoms with Gasteiger partial charge in [-0.2, -0.15) is 13.2 Å². The molecular weight excluding hydrogens is 247 g/mol. The molecule has 0 aliphatic carbocycles. The number of hydrogen-bond donors (Lipinski definition) is 0. The number of aromatic nitrogens is 1. The van der Waals surface area contributed by atoms with Crippen LogP contribution >= 0.6 is 11.3 Å². The Hall–Kier alpha value is -1.36. The summed E-state index contributed by atoms with van der Waals surface area (Å²) in [5.74, 6) is 0. The van der Waals surface area contributed by atoms with Crippen LogP contribution in [-0.2, 0) is 12.6 Å². The number of thiazole rings is 1. The van der Waals surface area contributed by atoms with Gasteiger partial charge in [0.15, 0.2) is 0 Å². The lowest BCUT2D eigenvalue weighted by Crippen LogP contribution is -2.05. The largest absolute Gasteiger partial charge is 0.427 e. The highest BCUT2D eigenvalue weighted by Crippen LogP contribution is 2.39. The van der Waals surface area contributed by atoms with E-state index < -0.39 is 11.1 Å². The van der Waals surface area contributed by atoms with Crippen molar-refractivity contribution >= 4 is 11.3 Å². The van der Waals surface area contributed by atoms with Crippen LogP contribution in [-0.4, -0.2) is 4.98 Å². The minimum Gasteiger partial charge on any atom is -0.240 e. The van der Waals surface area contributed by atoms with Crippen LogP contribution in [0.5, 0.6) is 0 Å². The van der Waals surface area contributed by atoms with Crippen LogP contribution in [0.1, 0.15) is 10.6 Å². The maximum absolute atomic E-state index is 12.7. The highest BCUT2D eigenvalue weighted by Gasteiger charge is 2.36. The summed E-state index contributed by atoms with van der Waals surface area (Å²) in [5, 5.41) is 0.386. The first-order valence-corrected chi connectivity index (χ1v) is 5.75. The van der Waals surface area contributed by atoms with Gasteiger partial charge in [0.1, 0.15) is 9.88 Å². The maximum Gasteiger partial charge on any atom is 0.427 e. The zero-order chi connectivity index (χ0) is 12.5. The Bertz CT molecular complexity index is 502. The minimum absolute atomic E-state index is 0.0151. The normalized spacial score (nSPS) is 11.8. The Morgan fingerprint density at radius 1 is 1.18 bits per heavy atom. The van der Waals surface area contributed by atoms with E-state index in [2.05, 4.69) is 11.9 Å². The number of nitrogens with zero attached hydrogens (tertiary/aromatic N) is 1. The Kier molecular flexibility index (Phi) is 3.19. The molecule has 0 unspecified atom stereocenters. The standard InChI is InChI=1S/C12H9F3NS/c1-2-9-10(12(13,14)15)17-11(16-9)8-6-4-3-5-7-8/h3-7H,1-2H2. The molecule has 0 saturated heterocycles. The lowest BCUT2D eigenvalue weighted by atomic mass is 10.2. The van der Waals surface area contributed by atoms with Gasteiger partial charge in [-0.15, -0.1) is 11.3 Å². The summed E-state index contributed by atoms with van der Waals surface area (Å²) in [6.07, 6.45) is -4.31. The van der Waals surface area contributed by atoms with Crippen molar-refractivity contribution in [3.63, 3.8) is 0 Å². The molecule has 5 heteroatoms. The molecule has 0 aliphatic rings. The van der Waals surface area contributed by atoms with Crippen molar-refractivity contribution < 1.29 is 13.2 Å². The van der Waals surface area contributed by atoms with Crippen molar-refractivity contribution in [1.82, 2.24) is 4.98 Å². The molecule has 0 N–H and O–H groups in total. The molecule has 2 aromatic rings. The average Bonchev–Trinajstić information content (AvgIpc) is 2.74. The van der Waals surface area contributed by atoms with Gasteiger partial charge in [0.25, 0.3) is 0 Å². The summed E-state index contributed by atoms with van der Waals surface area (Å²) >= 11 is 0.668. The highest BCUT2D eigenvalue weighted by atomic mass is 32.1. The second-order valence-electron chi connectivity index (χ2n) is 3.41. The van der Waals surface area contributed by atoms with E-state index in [1.54, 1.807) is 24.3 Å². The van der Waals surface area contributed by atoms with Crippen LogP contribution in [0.25, 0.3) is 10.6 Å². The van der Waals surface area contributed by atoms with E-state index in [1.165, 1.54) is 0 Å². The fourth-order valence-corrected chi connectivity index (χ4v) is 2.43.